The molecule has 1 aromatic heterocycles. The Hall–Kier alpha value is -1.08. The maximum Gasteiger partial charge on any atom is 0.151 e. The van der Waals surface area contributed by atoms with Crippen molar-refractivity contribution in [1.82, 2.24) is 9.97 Å². The lowest BCUT2D eigenvalue weighted by molar-refractivity contribution is 1.21. The van der Waals surface area contributed by atoms with Crippen LogP contribution in [0.4, 0.5) is 17.3 Å². The molecule has 0 atom stereocenters. The van der Waals surface area contributed by atoms with Crippen molar-refractivity contribution in [2.75, 3.05) is 11.1 Å². The average molecular weight is 347 g/mol. The Balaban J connectivity index is 2.27. The molecule has 2 rings (SSSR count). The van der Waals surface area contributed by atoms with Gasteiger partial charge in [0.25, 0.3) is 0 Å². The standard InChI is InChI=1S/C10H8ClIN4/c11-7-3-6(12)1-2-8(7)15-10-5-14-4-9(13)16-10/h1-5H,(H3,13,15,16). The number of nitrogen functional groups attached to an aromatic ring is 1. The van der Waals surface area contributed by atoms with Crippen LogP contribution in [0.15, 0.2) is 30.6 Å². The number of anilines is 3. The van der Waals surface area contributed by atoms with Gasteiger partial charge in [0.1, 0.15) is 5.82 Å². The van der Waals surface area contributed by atoms with Crippen LogP contribution in [-0.2, 0) is 0 Å². The number of nitrogens with one attached hydrogen (secondary N) is 1. The van der Waals surface area contributed by atoms with Crippen LogP contribution in [0.2, 0.25) is 5.02 Å². The van der Waals surface area contributed by atoms with Crippen molar-refractivity contribution in [3.8, 4) is 0 Å². The van der Waals surface area contributed by atoms with Gasteiger partial charge in [0, 0.05) is 3.57 Å². The minimum Gasteiger partial charge on any atom is -0.382 e. The van der Waals surface area contributed by atoms with Crippen LogP contribution >= 0.6 is 34.2 Å². The summed E-state index contributed by atoms with van der Waals surface area (Å²) in [5.74, 6) is 0.940. The lowest BCUT2D eigenvalue weighted by atomic mass is 10.3. The molecule has 0 fully saturated rings. The van der Waals surface area contributed by atoms with Crippen LogP contribution in [0.3, 0.4) is 0 Å². The van der Waals surface area contributed by atoms with Crippen molar-refractivity contribution in [2.24, 2.45) is 0 Å². The van der Waals surface area contributed by atoms with E-state index in [0.29, 0.717) is 16.7 Å². The van der Waals surface area contributed by atoms with E-state index in [-0.39, 0.29) is 0 Å². The highest BCUT2D eigenvalue weighted by Gasteiger charge is 2.02. The van der Waals surface area contributed by atoms with Crippen LogP contribution < -0.4 is 11.1 Å². The number of hydrogen-bond donors (Lipinski definition) is 2. The van der Waals surface area contributed by atoms with E-state index in [0.717, 1.165) is 9.26 Å². The summed E-state index contributed by atoms with van der Waals surface area (Å²) in [7, 11) is 0. The van der Waals surface area contributed by atoms with Gasteiger partial charge in [0.05, 0.1) is 23.1 Å². The molecular formula is C10H8ClIN4. The van der Waals surface area contributed by atoms with E-state index < -0.39 is 0 Å². The Morgan fingerprint density at radius 1 is 1.31 bits per heavy atom. The molecule has 1 aromatic carbocycles. The topological polar surface area (TPSA) is 63.8 Å². The molecule has 3 N–H and O–H groups in total. The van der Waals surface area contributed by atoms with E-state index in [1.54, 1.807) is 6.20 Å². The van der Waals surface area contributed by atoms with Gasteiger partial charge in [0.15, 0.2) is 5.82 Å². The summed E-state index contributed by atoms with van der Waals surface area (Å²) in [6.07, 6.45) is 3.07. The van der Waals surface area contributed by atoms with Crippen LogP contribution in [0.5, 0.6) is 0 Å². The fourth-order valence-corrected chi connectivity index (χ4v) is 2.07. The van der Waals surface area contributed by atoms with E-state index in [9.17, 15) is 0 Å². The van der Waals surface area contributed by atoms with Gasteiger partial charge in [-0.05, 0) is 40.8 Å². The minimum atomic E-state index is 0.367. The fourth-order valence-electron chi connectivity index (χ4n) is 1.17. The zero-order valence-electron chi connectivity index (χ0n) is 8.11. The molecule has 0 saturated heterocycles. The predicted octanol–water partition coefficient (Wildman–Crippen LogP) is 3.06. The molecule has 0 aliphatic heterocycles. The summed E-state index contributed by atoms with van der Waals surface area (Å²) < 4.78 is 1.08. The molecule has 0 amide bonds. The zero-order chi connectivity index (χ0) is 11.5. The lowest BCUT2D eigenvalue weighted by Crippen LogP contribution is -1.98. The van der Waals surface area contributed by atoms with Gasteiger partial charge in [0.2, 0.25) is 0 Å². The third-order valence-electron chi connectivity index (χ3n) is 1.85. The van der Waals surface area contributed by atoms with Crippen molar-refractivity contribution in [3.63, 3.8) is 0 Å². The summed E-state index contributed by atoms with van der Waals surface area (Å²) in [6.45, 7) is 0. The highest BCUT2D eigenvalue weighted by atomic mass is 127. The van der Waals surface area contributed by atoms with E-state index in [2.05, 4.69) is 37.9 Å². The zero-order valence-corrected chi connectivity index (χ0v) is 11.0. The second-order valence-electron chi connectivity index (χ2n) is 3.08. The largest absolute Gasteiger partial charge is 0.382 e. The number of nitrogens with two attached hydrogens (primary N) is 1. The molecule has 82 valence electrons. The van der Waals surface area contributed by atoms with Crippen molar-refractivity contribution < 1.29 is 0 Å². The Labute approximate surface area is 111 Å². The predicted molar refractivity (Wildman–Crippen MR) is 73.9 cm³/mol. The molecule has 16 heavy (non-hydrogen) atoms. The summed E-state index contributed by atoms with van der Waals surface area (Å²) in [6, 6.07) is 5.70. The van der Waals surface area contributed by atoms with Crippen LogP contribution in [0.25, 0.3) is 0 Å². The molecule has 0 saturated carbocycles. The van der Waals surface area contributed by atoms with Gasteiger partial charge < -0.3 is 11.1 Å². The number of halogens is 2. The maximum absolute atomic E-state index is 6.07. The molecule has 0 aliphatic rings. The number of hydrogen-bond acceptors (Lipinski definition) is 4. The Bertz CT molecular complexity index is 518. The Kier molecular flexibility index (Phi) is 3.45. The van der Waals surface area contributed by atoms with E-state index in [1.165, 1.54) is 6.20 Å². The lowest BCUT2D eigenvalue weighted by Gasteiger charge is -2.07. The van der Waals surface area contributed by atoms with Crippen LogP contribution in [0.1, 0.15) is 0 Å². The van der Waals surface area contributed by atoms with Crippen LogP contribution in [0, 0.1) is 3.57 Å². The van der Waals surface area contributed by atoms with Gasteiger partial charge in [-0.2, -0.15) is 0 Å². The van der Waals surface area contributed by atoms with Gasteiger partial charge in [-0.25, -0.2) is 4.98 Å². The Morgan fingerprint density at radius 3 is 2.81 bits per heavy atom. The molecule has 0 radical (unpaired) electrons. The summed E-state index contributed by atoms with van der Waals surface area (Å²) >= 11 is 8.27. The first-order valence-corrected chi connectivity index (χ1v) is 5.90. The van der Waals surface area contributed by atoms with E-state index >= 15 is 0 Å². The normalized spacial score (nSPS) is 10.1. The highest BCUT2D eigenvalue weighted by Crippen LogP contribution is 2.26. The van der Waals surface area contributed by atoms with Crippen molar-refractivity contribution in [2.45, 2.75) is 0 Å². The second kappa shape index (κ2) is 4.84. The molecule has 0 unspecified atom stereocenters. The van der Waals surface area contributed by atoms with E-state index in [4.69, 9.17) is 17.3 Å². The Morgan fingerprint density at radius 2 is 2.12 bits per heavy atom. The minimum absolute atomic E-state index is 0.367. The summed E-state index contributed by atoms with van der Waals surface area (Å²) in [5.41, 5.74) is 6.31. The first-order chi connectivity index (χ1) is 7.65. The molecule has 0 aliphatic carbocycles. The first kappa shape index (κ1) is 11.4. The third kappa shape index (κ3) is 2.73. The SMILES string of the molecule is Nc1cncc(Nc2ccc(I)cc2Cl)n1. The fraction of sp³-hybridized carbons (Fsp3) is 0. The van der Waals surface area contributed by atoms with Crippen molar-refractivity contribution >= 4 is 51.5 Å². The summed E-state index contributed by atoms with van der Waals surface area (Å²) in [4.78, 5) is 8.01. The first-order valence-electron chi connectivity index (χ1n) is 4.45. The molecule has 4 nitrogen and oxygen atoms in total. The summed E-state index contributed by atoms with van der Waals surface area (Å²) in [5, 5.41) is 3.69. The van der Waals surface area contributed by atoms with Crippen LogP contribution in [-0.4, -0.2) is 9.97 Å². The second-order valence-corrected chi connectivity index (χ2v) is 4.73. The van der Waals surface area contributed by atoms with E-state index in [1.807, 2.05) is 18.2 Å². The highest BCUT2D eigenvalue weighted by molar-refractivity contribution is 14.1. The van der Waals surface area contributed by atoms with Gasteiger partial charge >= 0.3 is 0 Å². The molecule has 0 bridgehead atoms. The van der Waals surface area contributed by atoms with Gasteiger partial charge in [-0.15, -0.1) is 0 Å². The molecule has 2 aromatic rings. The molecule has 0 spiro atoms. The number of aromatic nitrogens is 2. The van der Waals surface area contributed by atoms with Crippen molar-refractivity contribution in [1.29, 1.82) is 0 Å². The quantitative estimate of drug-likeness (QED) is 0.820. The number of benzene rings is 1. The van der Waals surface area contributed by atoms with Gasteiger partial charge in [-0.3, -0.25) is 4.98 Å². The smallest absolute Gasteiger partial charge is 0.151 e. The molecule has 1 heterocycles. The monoisotopic (exact) mass is 346 g/mol. The molecule has 6 heteroatoms. The van der Waals surface area contributed by atoms with Gasteiger partial charge in [-0.1, -0.05) is 11.6 Å². The average Bonchev–Trinajstić information content (AvgIpc) is 2.22. The molecular weight excluding hydrogens is 338 g/mol. The maximum atomic E-state index is 6.07. The van der Waals surface area contributed by atoms with Crippen molar-refractivity contribution in [3.05, 3.63) is 39.2 Å². The number of nitrogens with zero attached hydrogens (tertiary/aromatic N) is 2. The third-order valence-corrected chi connectivity index (χ3v) is 2.83. The number of rotatable bonds is 2.